The van der Waals surface area contributed by atoms with Gasteiger partial charge in [0, 0.05) is 6.54 Å². The largest absolute Gasteiger partial charge is 0.444 e. The van der Waals surface area contributed by atoms with Crippen LogP contribution in [0.4, 0.5) is 4.79 Å². The first-order chi connectivity index (χ1) is 10.3. The Balaban J connectivity index is 1.83. The highest BCUT2D eigenvalue weighted by Gasteiger charge is 2.38. The summed E-state index contributed by atoms with van der Waals surface area (Å²) in [5, 5.41) is 0. The van der Waals surface area contributed by atoms with Crippen molar-refractivity contribution in [1.82, 2.24) is 4.90 Å². The number of nitrogens with zero attached hydrogens (tertiary/aromatic N) is 1. The Morgan fingerprint density at radius 2 is 2.05 bits per heavy atom. The molecule has 0 aromatic rings. The van der Waals surface area contributed by atoms with Crippen LogP contribution in [-0.2, 0) is 14.2 Å². The number of carbonyl (C=O) groups excluding carboxylic acids is 1. The van der Waals surface area contributed by atoms with Gasteiger partial charge in [0.2, 0.25) is 0 Å². The molecule has 2 fully saturated rings. The molecule has 0 spiro atoms. The fourth-order valence-electron chi connectivity index (χ4n) is 2.75. The fourth-order valence-corrected chi connectivity index (χ4v) is 2.75. The third-order valence-corrected chi connectivity index (χ3v) is 4.33. The van der Waals surface area contributed by atoms with Crippen LogP contribution in [0, 0.1) is 5.92 Å². The van der Waals surface area contributed by atoms with Crippen molar-refractivity contribution in [3.8, 4) is 0 Å². The summed E-state index contributed by atoms with van der Waals surface area (Å²) >= 11 is 0. The maximum atomic E-state index is 12.3. The molecule has 0 aromatic carbocycles. The highest BCUT2D eigenvalue weighted by Crippen LogP contribution is 2.31. The molecule has 2 aliphatic rings. The van der Waals surface area contributed by atoms with Crippen molar-refractivity contribution in [2.45, 2.75) is 71.0 Å². The van der Waals surface area contributed by atoms with Crippen LogP contribution < -0.4 is 0 Å². The fraction of sp³-hybridized carbons (Fsp3) is 0.941. The van der Waals surface area contributed by atoms with Gasteiger partial charge in [0.15, 0.2) is 0 Å². The van der Waals surface area contributed by atoms with Crippen molar-refractivity contribution >= 4 is 6.09 Å². The zero-order chi connectivity index (χ0) is 16.2. The van der Waals surface area contributed by atoms with Crippen LogP contribution in [0.15, 0.2) is 0 Å². The first kappa shape index (κ1) is 17.5. The summed E-state index contributed by atoms with van der Waals surface area (Å²) in [6.45, 7) is 10.2. The smallest absolute Gasteiger partial charge is 0.410 e. The molecular weight excluding hydrogens is 282 g/mol. The summed E-state index contributed by atoms with van der Waals surface area (Å²) in [6.07, 6.45) is 5.11. The standard InChI is InChI=1S/C17H31NO4/c1-5-17(21-13-20-11-14-7-8-14)9-6-10-18(12-17)15(19)22-16(2,3)4/h14H,5-13H2,1-4H3. The molecule has 0 bridgehead atoms. The first-order valence-electron chi connectivity index (χ1n) is 8.53. The van der Waals surface area contributed by atoms with E-state index in [-0.39, 0.29) is 11.7 Å². The number of hydrogen-bond donors (Lipinski definition) is 0. The highest BCUT2D eigenvalue weighted by molar-refractivity contribution is 5.68. The molecule has 1 heterocycles. The molecular formula is C17H31NO4. The number of carbonyl (C=O) groups is 1. The number of piperidine rings is 1. The predicted molar refractivity (Wildman–Crippen MR) is 84.7 cm³/mol. The Labute approximate surface area is 134 Å². The number of rotatable bonds is 6. The zero-order valence-electron chi connectivity index (χ0n) is 14.5. The van der Waals surface area contributed by atoms with Crippen LogP contribution in [0.2, 0.25) is 0 Å². The molecule has 5 heteroatoms. The average molecular weight is 313 g/mol. The number of ether oxygens (including phenoxy) is 3. The summed E-state index contributed by atoms with van der Waals surface area (Å²) in [5.74, 6) is 0.741. The molecule has 1 aliphatic carbocycles. The summed E-state index contributed by atoms with van der Waals surface area (Å²) in [7, 11) is 0. The van der Waals surface area contributed by atoms with Gasteiger partial charge in [0.1, 0.15) is 12.4 Å². The first-order valence-corrected chi connectivity index (χ1v) is 8.53. The number of likely N-dealkylation sites (tertiary alicyclic amines) is 1. The van der Waals surface area contributed by atoms with E-state index in [0.29, 0.717) is 13.3 Å². The number of amides is 1. The van der Waals surface area contributed by atoms with Crippen molar-refractivity contribution in [3.63, 3.8) is 0 Å². The van der Waals surface area contributed by atoms with Gasteiger partial charge in [-0.05, 0) is 58.8 Å². The monoisotopic (exact) mass is 313 g/mol. The minimum absolute atomic E-state index is 0.243. The molecule has 0 N–H and O–H groups in total. The Morgan fingerprint density at radius 1 is 1.32 bits per heavy atom. The summed E-state index contributed by atoms with van der Waals surface area (Å²) in [5.41, 5.74) is -0.754. The second-order valence-electron chi connectivity index (χ2n) is 7.62. The van der Waals surface area contributed by atoms with E-state index in [2.05, 4.69) is 6.92 Å². The minimum Gasteiger partial charge on any atom is -0.444 e. The van der Waals surface area contributed by atoms with E-state index < -0.39 is 5.60 Å². The molecule has 22 heavy (non-hydrogen) atoms. The molecule has 2 rings (SSSR count). The molecule has 1 saturated heterocycles. The molecule has 1 saturated carbocycles. The van der Waals surface area contributed by atoms with E-state index >= 15 is 0 Å². The van der Waals surface area contributed by atoms with E-state index in [1.54, 1.807) is 4.90 Å². The highest BCUT2D eigenvalue weighted by atomic mass is 16.7. The lowest BCUT2D eigenvalue weighted by molar-refractivity contribution is -0.165. The van der Waals surface area contributed by atoms with Crippen LogP contribution in [0.3, 0.4) is 0 Å². The van der Waals surface area contributed by atoms with Crippen molar-refractivity contribution in [2.75, 3.05) is 26.5 Å². The van der Waals surface area contributed by atoms with Crippen molar-refractivity contribution in [3.05, 3.63) is 0 Å². The van der Waals surface area contributed by atoms with Crippen molar-refractivity contribution in [2.24, 2.45) is 5.92 Å². The maximum absolute atomic E-state index is 12.3. The summed E-state index contributed by atoms with van der Waals surface area (Å²) < 4.78 is 17.1. The van der Waals surface area contributed by atoms with Gasteiger partial charge in [-0.2, -0.15) is 0 Å². The lowest BCUT2D eigenvalue weighted by Gasteiger charge is -2.42. The Bertz CT molecular complexity index is 375. The van der Waals surface area contributed by atoms with E-state index in [1.165, 1.54) is 12.8 Å². The van der Waals surface area contributed by atoms with Gasteiger partial charge in [-0.1, -0.05) is 6.92 Å². The summed E-state index contributed by atoms with van der Waals surface area (Å²) in [6, 6.07) is 0. The molecule has 5 nitrogen and oxygen atoms in total. The third-order valence-electron chi connectivity index (χ3n) is 4.33. The van der Waals surface area contributed by atoms with Crippen LogP contribution >= 0.6 is 0 Å². The minimum atomic E-state index is -0.461. The maximum Gasteiger partial charge on any atom is 0.410 e. The van der Waals surface area contributed by atoms with E-state index in [0.717, 1.165) is 38.3 Å². The Kier molecular flexibility index (Phi) is 5.72. The van der Waals surface area contributed by atoms with Gasteiger partial charge < -0.3 is 19.1 Å². The van der Waals surface area contributed by atoms with Crippen molar-refractivity contribution < 1.29 is 19.0 Å². The topological polar surface area (TPSA) is 48.0 Å². The van der Waals surface area contributed by atoms with Gasteiger partial charge >= 0.3 is 6.09 Å². The van der Waals surface area contributed by atoms with Crippen molar-refractivity contribution in [1.29, 1.82) is 0 Å². The van der Waals surface area contributed by atoms with Crippen LogP contribution in [0.5, 0.6) is 0 Å². The van der Waals surface area contributed by atoms with Gasteiger partial charge in [-0.3, -0.25) is 0 Å². The molecule has 1 aliphatic heterocycles. The van der Waals surface area contributed by atoms with Gasteiger partial charge in [-0.25, -0.2) is 4.79 Å². The lowest BCUT2D eigenvalue weighted by Crippen LogP contribution is -2.52. The van der Waals surface area contributed by atoms with Gasteiger partial charge in [-0.15, -0.1) is 0 Å². The second kappa shape index (κ2) is 7.18. The van der Waals surface area contributed by atoms with E-state index in [1.807, 2.05) is 20.8 Å². The SMILES string of the molecule is CCC1(OCOCC2CC2)CCCN(C(=O)OC(C)(C)C)C1. The normalized spacial score (nSPS) is 26.1. The predicted octanol–water partition coefficient (Wildman–Crippen LogP) is 3.57. The quantitative estimate of drug-likeness (QED) is 0.555. The van der Waals surface area contributed by atoms with Gasteiger partial charge in [0.05, 0.1) is 18.8 Å². The van der Waals surface area contributed by atoms with Crippen LogP contribution in [-0.4, -0.2) is 48.7 Å². The van der Waals surface area contributed by atoms with Gasteiger partial charge in [0.25, 0.3) is 0 Å². The lowest BCUT2D eigenvalue weighted by atomic mass is 9.90. The Morgan fingerprint density at radius 3 is 2.64 bits per heavy atom. The van der Waals surface area contributed by atoms with Crippen LogP contribution in [0.1, 0.15) is 59.8 Å². The molecule has 1 unspecified atom stereocenters. The molecule has 0 aromatic heterocycles. The van der Waals surface area contributed by atoms with E-state index in [9.17, 15) is 4.79 Å². The Hall–Kier alpha value is -0.810. The second-order valence-corrected chi connectivity index (χ2v) is 7.62. The summed E-state index contributed by atoms with van der Waals surface area (Å²) in [4.78, 5) is 14.0. The zero-order valence-corrected chi connectivity index (χ0v) is 14.5. The molecule has 0 radical (unpaired) electrons. The van der Waals surface area contributed by atoms with E-state index in [4.69, 9.17) is 14.2 Å². The third kappa shape index (κ3) is 5.43. The molecule has 1 amide bonds. The number of hydrogen-bond acceptors (Lipinski definition) is 4. The average Bonchev–Trinajstić information content (AvgIpc) is 3.26. The van der Waals surface area contributed by atoms with Crippen LogP contribution in [0.25, 0.3) is 0 Å². The molecule has 1 atom stereocenters. The molecule has 128 valence electrons.